The molecule has 0 saturated carbocycles. The standard InChI is InChI=1S/C11H13NO3/c13-7-9-6-5-8-3-1-2-4-10(8)12(9)11(14)15/h1-4,9,13H,5-7H2,(H,14,15). The number of rotatable bonds is 1. The summed E-state index contributed by atoms with van der Waals surface area (Å²) in [6.45, 7) is -0.124. The molecule has 0 fully saturated rings. The van der Waals surface area contributed by atoms with E-state index < -0.39 is 6.09 Å². The monoisotopic (exact) mass is 207 g/mol. The lowest BCUT2D eigenvalue weighted by atomic mass is 9.96. The number of carboxylic acid groups (broad SMARTS) is 1. The average Bonchev–Trinajstić information content (AvgIpc) is 2.27. The summed E-state index contributed by atoms with van der Waals surface area (Å²) in [5.41, 5.74) is 1.74. The van der Waals surface area contributed by atoms with Crippen molar-refractivity contribution in [1.29, 1.82) is 0 Å². The molecule has 80 valence electrons. The fourth-order valence-electron chi connectivity index (χ4n) is 2.04. The van der Waals surface area contributed by atoms with Gasteiger partial charge in [0.05, 0.1) is 18.3 Å². The van der Waals surface area contributed by atoms with Crippen molar-refractivity contribution in [2.75, 3.05) is 11.5 Å². The molecular weight excluding hydrogens is 194 g/mol. The molecule has 1 aliphatic heterocycles. The second-order valence-electron chi connectivity index (χ2n) is 3.66. The molecule has 1 aromatic carbocycles. The maximum atomic E-state index is 11.1. The lowest BCUT2D eigenvalue weighted by Crippen LogP contribution is -2.45. The minimum absolute atomic E-state index is 0.124. The van der Waals surface area contributed by atoms with Gasteiger partial charge in [0.15, 0.2) is 0 Å². The van der Waals surface area contributed by atoms with E-state index in [1.54, 1.807) is 6.07 Å². The second-order valence-corrected chi connectivity index (χ2v) is 3.66. The summed E-state index contributed by atoms with van der Waals surface area (Å²) in [6, 6.07) is 7.12. The molecule has 15 heavy (non-hydrogen) atoms. The molecule has 0 saturated heterocycles. The summed E-state index contributed by atoms with van der Waals surface area (Å²) >= 11 is 0. The molecular formula is C11H13NO3. The largest absolute Gasteiger partial charge is 0.465 e. The Morgan fingerprint density at radius 2 is 2.20 bits per heavy atom. The fourth-order valence-corrected chi connectivity index (χ4v) is 2.04. The number of anilines is 1. The van der Waals surface area contributed by atoms with Crippen LogP contribution < -0.4 is 4.90 Å². The lowest BCUT2D eigenvalue weighted by Gasteiger charge is -2.33. The van der Waals surface area contributed by atoms with Crippen LogP contribution in [-0.4, -0.2) is 29.0 Å². The van der Waals surface area contributed by atoms with Gasteiger partial charge >= 0.3 is 6.09 Å². The first kappa shape index (κ1) is 9.98. The highest BCUT2D eigenvalue weighted by atomic mass is 16.4. The van der Waals surface area contributed by atoms with Gasteiger partial charge in [-0.1, -0.05) is 18.2 Å². The van der Waals surface area contributed by atoms with Gasteiger partial charge in [0, 0.05) is 0 Å². The van der Waals surface area contributed by atoms with E-state index in [4.69, 9.17) is 10.2 Å². The van der Waals surface area contributed by atoms with Crippen LogP contribution in [0.1, 0.15) is 12.0 Å². The van der Waals surface area contributed by atoms with E-state index >= 15 is 0 Å². The van der Waals surface area contributed by atoms with E-state index in [0.29, 0.717) is 12.1 Å². The molecule has 0 aromatic heterocycles. The number of aliphatic hydroxyl groups excluding tert-OH is 1. The van der Waals surface area contributed by atoms with Crippen LogP contribution in [0.5, 0.6) is 0 Å². The molecule has 2 N–H and O–H groups in total. The van der Waals surface area contributed by atoms with E-state index in [1.165, 1.54) is 4.90 Å². The summed E-state index contributed by atoms with van der Waals surface area (Å²) in [5, 5.41) is 18.2. The van der Waals surface area contributed by atoms with E-state index in [1.807, 2.05) is 18.2 Å². The highest BCUT2D eigenvalue weighted by molar-refractivity contribution is 5.88. The normalized spacial score (nSPS) is 19.8. The number of amides is 1. The topological polar surface area (TPSA) is 60.8 Å². The molecule has 1 heterocycles. The number of hydrogen-bond donors (Lipinski definition) is 2. The van der Waals surface area contributed by atoms with Gasteiger partial charge in [-0.15, -0.1) is 0 Å². The maximum absolute atomic E-state index is 11.1. The Hall–Kier alpha value is -1.55. The Bertz CT molecular complexity index is 378. The lowest BCUT2D eigenvalue weighted by molar-refractivity contribution is 0.187. The minimum Gasteiger partial charge on any atom is -0.465 e. The van der Waals surface area contributed by atoms with Crippen LogP contribution >= 0.6 is 0 Å². The first-order chi connectivity index (χ1) is 7.24. The van der Waals surface area contributed by atoms with Crippen molar-refractivity contribution in [2.24, 2.45) is 0 Å². The molecule has 0 spiro atoms. The predicted octanol–water partition coefficient (Wildman–Crippen LogP) is 1.48. The number of aryl methyl sites for hydroxylation is 1. The molecule has 0 bridgehead atoms. The van der Waals surface area contributed by atoms with Crippen LogP contribution in [0.3, 0.4) is 0 Å². The van der Waals surface area contributed by atoms with Crippen LogP contribution in [0.25, 0.3) is 0 Å². The maximum Gasteiger partial charge on any atom is 0.412 e. The number of hydrogen-bond acceptors (Lipinski definition) is 2. The molecule has 0 aliphatic carbocycles. The van der Waals surface area contributed by atoms with Gasteiger partial charge in [-0.05, 0) is 24.5 Å². The fraction of sp³-hybridized carbons (Fsp3) is 0.364. The first-order valence-corrected chi connectivity index (χ1v) is 4.95. The average molecular weight is 207 g/mol. The predicted molar refractivity (Wildman–Crippen MR) is 56.1 cm³/mol. The van der Waals surface area contributed by atoms with E-state index in [9.17, 15) is 4.79 Å². The number of nitrogens with zero attached hydrogens (tertiary/aromatic N) is 1. The van der Waals surface area contributed by atoms with Crippen molar-refractivity contribution in [3.63, 3.8) is 0 Å². The Morgan fingerprint density at radius 1 is 1.47 bits per heavy atom. The van der Waals surface area contributed by atoms with Crippen molar-refractivity contribution >= 4 is 11.8 Å². The summed E-state index contributed by atoms with van der Waals surface area (Å²) in [7, 11) is 0. The van der Waals surface area contributed by atoms with Gasteiger partial charge in [0.1, 0.15) is 0 Å². The molecule has 0 radical (unpaired) electrons. The molecule has 1 amide bonds. The zero-order valence-electron chi connectivity index (χ0n) is 8.26. The van der Waals surface area contributed by atoms with Crippen molar-refractivity contribution in [2.45, 2.75) is 18.9 Å². The van der Waals surface area contributed by atoms with E-state index in [-0.39, 0.29) is 12.6 Å². The third-order valence-electron chi connectivity index (χ3n) is 2.78. The molecule has 4 heteroatoms. The van der Waals surface area contributed by atoms with E-state index in [0.717, 1.165) is 12.0 Å². The quantitative estimate of drug-likeness (QED) is 0.733. The van der Waals surface area contributed by atoms with Crippen LogP contribution in [0, 0.1) is 0 Å². The number of carbonyl (C=O) groups is 1. The van der Waals surface area contributed by atoms with Crippen LogP contribution in [0.2, 0.25) is 0 Å². The van der Waals surface area contributed by atoms with Crippen LogP contribution in [-0.2, 0) is 6.42 Å². The molecule has 4 nitrogen and oxygen atoms in total. The summed E-state index contributed by atoms with van der Waals surface area (Å²) in [6.07, 6.45) is 0.506. The molecule has 1 aromatic rings. The van der Waals surface area contributed by atoms with E-state index in [2.05, 4.69) is 0 Å². The third kappa shape index (κ3) is 1.68. The van der Waals surface area contributed by atoms with Crippen molar-refractivity contribution < 1.29 is 15.0 Å². The van der Waals surface area contributed by atoms with Crippen molar-refractivity contribution in [3.05, 3.63) is 29.8 Å². The first-order valence-electron chi connectivity index (χ1n) is 4.95. The highest BCUT2D eigenvalue weighted by Gasteiger charge is 2.29. The second kappa shape index (κ2) is 3.90. The van der Waals surface area contributed by atoms with Crippen LogP contribution in [0.4, 0.5) is 10.5 Å². The highest BCUT2D eigenvalue weighted by Crippen LogP contribution is 2.30. The van der Waals surface area contributed by atoms with Crippen molar-refractivity contribution in [3.8, 4) is 0 Å². The smallest absolute Gasteiger partial charge is 0.412 e. The Kier molecular flexibility index (Phi) is 2.60. The number of para-hydroxylation sites is 1. The van der Waals surface area contributed by atoms with Gasteiger partial charge in [-0.25, -0.2) is 4.79 Å². The molecule has 1 aliphatic rings. The molecule has 2 rings (SSSR count). The van der Waals surface area contributed by atoms with Gasteiger partial charge < -0.3 is 10.2 Å². The molecule has 1 atom stereocenters. The zero-order valence-corrected chi connectivity index (χ0v) is 8.26. The van der Waals surface area contributed by atoms with Gasteiger partial charge in [0.2, 0.25) is 0 Å². The molecule has 1 unspecified atom stereocenters. The minimum atomic E-state index is -0.999. The summed E-state index contributed by atoms with van der Waals surface area (Å²) < 4.78 is 0. The van der Waals surface area contributed by atoms with Crippen LogP contribution in [0.15, 0.2) is 24.3 Å². The SMILES string of the molecule is O=C(O)N1c2ccccc2CCC1CO. The number of aliphatic hydroxyl groups is 1. The Morgan fingerprint density at radius 3 is 2.87 bits per heavy atom. The summed E-state index contributed by atoms with van der Waals surface area (Å²) in [5.74, 6) is 0. The zero-order chi connectivity index (χ0) is 10.8. The number of benzene rings is 1. The van der Waals surface area contributed by atoms with Crippen molar-refractivity contribution in [1.82, 2.24) is 0 Å². The van der Waals surface area contributed by atoms with Gasteiger partial charge in [-0.3, -0.25) is 4.90 Å². The third-order valence-corrected chi connectivity index (χ3v) is 2.78. The van der Waals surface area contributed by atoms with Gasteiger partial charge in [0.25, 0.3) is 0 Å². The number of fused-ring (bicyclic) bond motifs is 1. The summed E-state index contributed by atoms with van der Waals surface area (Å²) in [4.78, 5) is 12.4. The Labute approximate surface area is 87.8 Å². The van der Waals surface area contributed by atoms with Gasteiger partial charge in [-0.2, -0.15) is 0 Å². The Balaban J connectivity index is 2.43.